The van der Waals surface area contributed by atoms with E-state index in [2.05, 4.69) is 0 Å². The van der Waals surface area contributed by atoms with E-state index in [0.717, 1.165) is 24.0 Å². The second kappa shape index (κ2) is 9.40. The Morgan fingerprint density at radius 2 is 1.59 bits per heavy atom. The molecule has 1 aliphatic carbocycles. The summed E-state index contributed by atoms with van der Waals surface area (Å²) >= 11 is 12.4. The number of rotatable bonds is 8. The summed E-state index contributed by atoms with van der Waals surface area (Å²) in [6, 6.07) is 19.9. The van der Waals surface area contributed by atoms with Crippen molar-refractivity contribution in [2.45, 2.75) is 51.0 Å². The minimum Gasteiger partial charge on any atom is -0.396 e. The van der Waals surface area contributed by atoms with Gasteiger partial charge in [0.2, 0.25) is 0 Å². The Balaban J connectivity index is 1.74. The molecule has 2 aliphatic rings. The molecule has 3 aromatic carbocycles. The zero-order chi connectivity index (χ0) is 26.6. The molecule has 0 saturated heterocycles. The van der Waals surface area contributed by atoms with E-state index in [1.807, 2.05) is 55.5 Å². The fraction of sp³-hybridized carbons (Fsp3) is 0.367. The number of hydrogen-bond donors (Lipinski definition) is 2. The van der Waals surface area contributed by atoms with Gasteiger partial charge in [-0.15, -0.1) is 0 Å². The van der Waals surface area contributed by atoms with Crippen LogP contribution in [0.1, 0.15) is 72.3 Å². The molecule has 2 N–H and O–H groups in total. The Bertz CT molecular complexity index is 1310. The molecule has 1 unspecified atom stereocenters. The molecule has 3 aromatic rings. The monoisotopic (exact) mass is 539 g/mol. The minimum absolute atomic E-state index is 0.0227. The average Bonchev–Trinajstić information content (AvgIpc) is 3.62. The number of nitrogens with zero attached hydrogens (tertiary/aromatic N) is 1. The lowest BCUT2D eigenvalue weighted by atomic mass is 9.88. The molecule has 0 spiro atoms. The van der Waals surface area contributed by atoms with Crippen LogP contribution in [-0.4, -0.2) is 34.2 Å². The van der Waals surface area contributed by atoms with E-state index in [0.29, 0.717) is 26.7 Å². The van der Waals surface area contributed by atoms with Gasteiger partial charge in [0, 0.05) is 32.2 Å². The summed E-state index contributed by atoms with van der Waals surface area (Å²) in [6.45, 7) is 5.67. The molecule has 5 rings (SSSR count). The number of benzene rings is 3. The SMILES string of the molecule is CC(c1ccc(Cl)cc1)N1C(=O)c2cc(C(C)(C)O)ccc2[C@]1(OCC1(CO)CC1)c1ccc(Cl)cc1. The highest BCUT2D eigenvalue weighted by molar-refractivity contribution is 6.30. The van der Waals surface area contributed by atoms with Crippen molar-refractivity contribution in [2.24, 2.45) is 5.41 Å². The second-order valence-electron chi connectivity index (χ2n) is 10.8. The topological polar surface area (TPSA) is 70.0 Å². The number of hydrogen-bond acceptors (Lipinski definition) is 4. The van der Waals surface area contributed by atoms with Crippen molar-refractivity contribution >= 4 is 29.1 Å². The maximum absolute atomic E-state index is 14.3. The van der Waals surface area contributed by atoms with Gasteiger partial charge in [0.15, 0.2) is 5.72 Å². The molecule has 1 amide bonds. The zero-order valence-corrected chi connectivity index (χ0v) is 22.7. The van der Waals surface area contributed by atoms with Gasteiger partial charge in [-0.25, -0.2) is 0 Å². The van der Waals surface area contributed by atoms with Crippen molar-refractivity contribution in [3.8, 4) is 0 Å². The third kappa shape index (κ3) is 4.58. The number of aliphatic hydroxyl groups excluding tert-OH is 1. The first kappa shape index (κ1) is 26.2. The third-order valence-electron chi connectivity index (χ3n) is 7.73. The summed E-state index contributed by atoms with van der Waals surface area (Å²) in [4.78, 5) is 16.1. The molecule has 1 saturated carbocycles. The van der Waals surface area contributed by atoms with Gasteiger partial charge in [-0.2, -0.15) is 0 Å². The maximum Gasteiger partial charge on any atom is 0.257 e. The first-order chi connectivity index (χ1) is 17.5. The molecule has 0 bridgehead atoms. The smallest absolute Gasteiger partial charge is 0.257 e. The average molecular weight is 540 g/mol. The van der Waals surface area contributed by atoms with Gasteiger partial charge in [0.05, 0.1) is 24.9 Å². The van der Waals surface area contributed by atoms with Crippen molar-refractivity contribution < 1.29 is 19.7 Å². The van der Waals surface area contributed by atoms with E-state index in [1.54, 1.807) is 36.9 Å². The first-order valence-corrected chi connectivity index (χ1v) is 13.2. The van der Waals surface area contributed by atoms with Crippen molar-refractivity contribution in [1.29, 1.82) is 0 Å². The molecule has 194 valence electrons. The van der Waals surface area contributed by atoms with Gasteiger partial charge < -0.3 is 14.9 Å². The Morgan fingerprint density at radius 3 is 2.14 bits per heavy atom. The molecule has 37 heavy (non-hydrogen) atoms. The Hall–Kier alpha value is -2.41. The van der Waals surface area contributed by atoms with Gasteiger partial charge in [-0.05, 0) is 75.1 Å². The second-order valence-corrected chi connectivity index (χ2v) is 11.7. The Kier molecular flexibility index (Phi) is 6.66. The van der Waals surface area contributed by atoms with Crippen LogP contribution in [0.4, 0.5) is 0 Å². The number of aliphatic hydroxyl groups is 2. The van der Waals surface area contributed by atoms with Crippen LogP contribution in [0.2, 0.25) is 10.0 Å². The number of fused-ring (bicyclic) bond motifs is 1. The van der Waals surface area contributed by atoms with Gasteiger partial charge >= 0.3 is 0 Å². The normalized spacial score (nSPS) is 21.2. The van der Waals surface area contributed by atoms with Gasteiger partial charge in [0.1, 0.15) is 0 Å². The van der Waals surface area contributed by atoms with Crippen LogP contribution in [-0.2, 0) is 16.1 Å². The predicted octanol–water partition coefficient (Wildman–Crippen LogP) is 6.43. The van der Waals surface area contributed by atoms with Crippen molar-refractivity contribution in [3.63, 3.8) is 0 Å². The highest BCUT2D eigenvalue weighted by atomic mass is 35.5. The van der Waals surface area contributed by atoms with Crippen LogP contribution in [0, 0.1) is 5.41 Å². The largest absolute Gasteiger partial charge is 0.396 e. The standard InChI is InChI=1S/C30H31Cl2NO4/c1-19(20-4-9-23(31)10-5-20)33-27(35)25-16-22(28(2,3)36)8-13-26(25)30(33,21-6-11-24(32)12-7-21)37-18-29(17-34)14-15-29/h4-13,16,19,34,36H,14-15,17-18H2,1-3H3/t19?,30-/m1/s1. The van der Waals surface area contributed by atoms with E-state index in [9.17, 15) is 15.0 Å². The molecular formula is C30H31Cl2NO4. The number of halogens is 2. The molecular weight excluding hydrogens is 509 g/mol. The van der Waals surface area contributed by atoms with Crippen LogP contribution in [0.25, 0.3) is 0 Å². The molecule has 2 atom stereocenters. The van der Waals surface area contributed by atoms with Gasteiger partial charge in [0.25, 0.3) is 5.91 Å². The van der Waals surface area contributed by atoms with Crippen molar-refractivity contribution in [1.82, 2.24) is 4.90 Å². The minimum atomic E-state index is -1.26. The molecule has 7 heteroatoms. The van der Waals surface area contributed by atoms with Crippen LogP contribution in [0.3, 0.4) is 0 Å². The van der Waals surface area contributed by atoms with Crippen LogP contribution in [0.15, 0.2) is 66.7 Å². The zero-order valence-electron chi connectivity index (χ0n) is 21.2. The first-order valence-electron chi connectivity index (χ1n) is 12.5. The number of carbonyl (C=O) groups is 1. The summed E-state index contributed by atoms with van der Waals surface area (Å²) in [7, 11) is 0. The van der Waals surface area contributed by atoms with E-state index in [4.69, 9.17) is 27.9 Å². The quantitative estimate of drug-likeness (QED) is 0.346. The van der Waals surface area contributed by atoms with E-state index >= 15 is 0 Å². The summed E-state index contributed by atoms with van der Waals surface area (Å²) in [6.07, 6.45) is 1.73. The summed E-state index contributed by atoms with van der Waals surface area (Å²) < 4.78 is 6.85. The van der Waals surface area contributed by atoms with Crippen molar-refractivity contribution in [3.05, 3.63) is 105 Å². The third-order valence-corrected chi connectivity index (χ3v) is 8.24. The van der Waals surface area contributed by atoms with Gasteiger partial charge in [-0.3, -0.25) is 9.69 Å². The fourth-order valence-electron chi connectivity index (χ4n) is 5.12. The van der Waals surface area contributed by atoms with Crippen LogP contribution >= 0.6 is 23.2 Å². The van der Waals surface area contributed by atoms with Crippen molar-refractivity contribution in [2.75, 3.05) is 13.2 Å². The van der Waals surface area contributed by atoms with Crippen LogP contribution in [0.5, 0.6) is 0 Å². The fourth-order valence-corrected chi connectivity index (χ4v) is 5.37. The van der Waals surface area contributed by atoms with E-state index in [-0.39, 0.29) is 30.6 Å². The Labute approximate surface area is 227 Å². The summed E-state index contributed by atoms with van der Waals surface area (Å²) in [5.74, 6) is -0.202. The highest BCUT2D eigenvalue weighted by Crippen LogP contribution is 2.53. The lowest BCUT2D eigenvalue weighted by Crippen LogP contribution is -2.49. The summed E-state index contributed by atoms with van der Waals surface area (Å²) in [5.41, 5.74) is 0.773. The molecule has 5 nitrogen and oxygen atoms in total. The molecule has 1 fully saturated rings. The lowest BCUT2D eigenvalue weighted by Gasteiger charge is -2.43. The lowest BCUT2D eigenvalue weighted by molar-refractivity contribution is -0.137. The van der Waals surface area contributed by atoms with E-state index < -0.39 is 11.3 Å². The molecule has 1 heterocycles. The summed E-state index contributed by atoms with van der Waals surface area (Å²) in [5, 5.41) is 21.9. The number of carbonyl (C=O) groups excluding carboxylic acids is 1. The van der Waals surface area contributed by atoms with E-state index in [1.165, 1.54) is 0 Å². The maximum atomic E-state index is 14.3. The molecule has 1 aliphatic heterocycles. The number of ether oxygens (including phenoxy) is 1. The highest BCUT2D eigenvalue weighted by Gasteiger charge is 2.56. The number of amides is 1. The van der Waals surface area contributed by atoms with Crippen LogP contribution < -0.4 is 0 Å². The predicted molar refractivity (Wildman–Crippen MR) is 145 cm³/mol. The van der Waals surface area contributed by atoms with Gasteiger partial charge in [-0.1, -0.05) is 59.6 Å². The molecule has 0 radical (unpaired) electrons. The molecule has 0 aromatic heterocycles. The Morgan fingerprint density at radius 1 is 1.00 bits per heavy atom.